The third-order valence-corrected chi connectivity index (χ3v) is 4.91. The molecule has 0 aliphatic carbocycles. The summed E-state index contributed by atoms with van der Waals surface area (Å²) in [6.07, 6.45) is 0. The summed E-state index contributed by atoms with van der Waals surface area (Å²) >= 11 is 0. The van der Waals surface area contributed by atoms with Crippen molar-refractivity contribution in [3.63, 3.8) is 0 Å². The summed E-state index contributed by atoms with van der Waals surface area (Å²) in [4.78, 5) is 17.3. The highest BCUT2D eigenvalue weighted by Gasteiger charge is 2.18. The first-order valence-corrected chi connectivity index (χ1v) is 9.15. The second kappa shape index (κ2) is 8.51. The molecule has 3 N–H and O–H groups in total. The number of nitrogens with one attached hydrogen (secondary N) is 1. The number of methoxy groups -OCH3 is 1. The van der Waals surface area contributed by atoms with E-state index in [1.54, 1.807) is 7.11 Å². The van der Waals surface area contributed by atoms with Gasteiger partial charge in [-0.2, -0.15) is 0 Å². The number of carbonyl (C=O) groups excluding carboxylic acids is 1. The number of halogens is 1. The summed E-state index contributed by atoms with van der Waals surface area (Å²) in [5, 5.41) is 4.90. The Labute approximate surface area is 175 Å². The van der Waals surface area contributed by atoms with Gasteiger partial charge >= 0.3 is 0 Å². The van der Waals surface area contributed by atoms with Crippen LogP contribution in [0.4, 0.5) is 0 Å². The lowest BCUT2D eigenvalue weighted by molar-refractivity contribution is 0.0950. The Kier molecular flexibility index (Phi) is 6.06. The normalized spacial score (nSPS) is 10.7. The smallest absolute Gasteiger partial charge is 0.269 e. The van der Waals surface area contributed by atoms with E-state index in [9.17, 15) is 4.79 Å². The van der Waals surface area contributed by atoms with Crippen LogP contribution in [0.5, 0.6) is 5.75 Å². The highest BCUT2D eigenvalue weighted by atomic mass is 35.5. The van der Waals surface area contributed by atoms with Crippen molar-refractivity contribution in [1.82, 2.24) is 14.9 Å². The van der Waals surface area contributed by atoms with Crippen molar-refractivity contribution in [2.45, 2.75) is 0 Å². The Morgan fingerprint density at radius 1 is 1.14 bits per heavy atom. The Balaban J connectivity index is 0.00000240. The fraction of sp³-hybridized carbons (Fsp3) is 0.182. The molecule has 4 rings (SSSR count). The number of aryl methyl sites for hydroxylation is 1. The van der Waals surface area contributed by atoms with Crippen LogP contribution in [0.3, 0.4) is 0 Å². The molecule has 0 bridgehead atoms. The number of ether oxygens (including phenoxy) is 1. The molecule has 29 heavy (non-hydrogen) atoms. The third kappa shape index (κ3) is 3.64. The highest BCUT2D eigenvalue weighted by Crippen LogP contribution is 2.35. The number of amides is 1. The van der Waals surface area contributed by atoms with E-state index in [0.29, 0.717) is 18.8 Å². The number of aromatic nitrogens is 2. The fourth-order valence-electron chi connectivity index (χ4n) is 3.54. The molecule has 0 spiro atoms. The third-order valence-electron chi connectivity index (χ3n) is 4.91. The Bertz CT molecular complexity index is 1170. The molecule has 0 aliphatic rings. The Morgan fingerprint density at radius 3 is 2.55 bits per heavy atom. The van der Waals surface area contributed by atoms with Crippen LogP contribution in [-0.4, -0.2) is 35.7 Å². The number of pyridine rings is 1. The first-order valence-electron chi connectivity index (χ1n) is 9.15. The molecule has 2 heterocycles. The summed E-state index contributed by atoms with van der Waals surface area (Å²) in [6.45, 7) is 0.791. The minimum atomic E-state index is -0.227. The molecular weight excluding hydrogens is 388 g/mol. The molecular formula is C22H23ClN4O2. The zero-order valence-electron chi connectivity index (χ0n) is 16.3. The second-order valence-corrected chi connectivity index (χ2v) is 6.60. The van der Waals surface area contributed by atoms with Crippen LogP contribution in [0, 0.1) is 0 Å². The maximum absolute atomic E-state index is 12.6. The molecule has 7 heteroatoms. The van der Waals surface area contributed by atoms with Crippen LogP contribution in [0.25, 0.3) is 33.1 Å². The van der Waals surface area contributed by atoms with Gasteiger partial charge in [0.15, 0.2) is 0 Å². The van der Waals surface area contributed by atoms with Crippen LogP contribution in [0.2, 0.25) is 0 Å². The standard InChI is InChI=1S/C22H22N4O2.ClH/c1-26-19-6-4-3-5-16(19)17-13-18(22(27)24-12-11-23)25-20(21(17)26)14-7-9-15(28-2)10-8-14;/h3-10,13H,11-12,23H2,1-2H3,(H,24,27);1H. The summed E-state index contributed by atoms with van der Waals surface area (Å²) in [5.41, 5.74) is 9.66. The summed E-state index contributed by atoms with van der Waals surface area (Å²) in [5.74, 6) is 0.545. The van der Waals surface area contributed by atoms with E-state index >= 15 is 0 Å². The Morgan fingerprint density at radius 2 is 1.86 bits per heavy atom. The lowest BCUT2D eigenvalue weighted by Crippen LogP contribution is -2.29. The van der Waals surface area contributed by atoms with E-state index in [0.717, 1.165) is 38.8 Å². The number of benzene rings is 2. The van der Waals surface area contributed by atoms with Crippen molar-refractivity contribution >= 4 is 40.1 Å². The SMILES string of the molecule is COc1ccc(-c2nc(C(=O)NCCN)cc3c4ccccc4n(C)c23)cc1.Cl. The van der Waals surface area contributed by atoms with Crippen LogP contribution in [0.1, 0.15) is 10.5 Å². The van der Waals surface area contributed by atoms with Gasteiger partial charge in [-0.05, 0) is 36.4 Å². The molecule has 4 aromatic rings. The molecule has 1 amide bonds. The largest absolute Gasteiger partial charge is 0.497 e. The average Bonchev–Trinajstić information content (AvgIpc) is 3.04. The zero-order chi connectivity index (χ0) is 19.7. The minimum absolute atomic E-state index is 0. The van der Waals surface area contributed by atoms with Gasteiger partial charge in [-0.15, -0.1) is 12.4 Å². The van der Waals surface area contributed by atoms with Crippen LogP contribution >= 0.6 is 12.4 Å². The molecule has 0 atom stereocenters. The van der Waals surface area contributed by atoms with Gasteiger partial charge in [0.25, 0.3) is 5.91 Å². The van der Waals surface area contributed by atoms with Crippen LogP contribution in [0.15, 0.2) is 54.6 Å². The van der Waals surface area contributed by atoms with Gasteiger partial charge in [-0.3, -0.25) is 4.79 Å². The average molecular weight is 411 g/mol. The van der Waals surface area contributed by atoms with E-state index < -0.39 is 0 Å². The van der Waals surface area contributed by atoms with Gasteiger partial charge in [-0.25, -0.2) is 4.98 Å². The van der Waals surface area contributed by atoms with Gasteiger partial charge in [0, 0.05) is 42.0 Å². The molecule has 0 unspecified atom stereocenters. The van der Waals surface area contributed by atoms with Gasteiger partial charge in [0.05, 0.1) is 18.3 Å². The number of rotatable bonds is 5. The van der Waals surface area contributed by atoms with Gasteiger partial charge in [0.1, 0.15) is 11.4 Å². The van der Waals surface area contributed by atoms with E-state index in [1.807, 2.05) is 49.5 Å². The van der Waals surface area contributed by atoms with Gasteiger partial charge in [0.2, 0.25) is 0 Å². The molecule has 2 aromatic heterocycles. The van der Waals surface area contributed by atoms with Crippen molar-refractivity contribution in [2.24, 2.45) is 12.8 Å². The van der Waals surface area contributed by atoms with Gasteiger partial charge < -0.3 is 20.4 Å². The molecule has 0 aliphatic heterocycles. The summed E-state index contributed by atoms with van der Waals surface area (Å²) in [6, 6.07) is 17.7. The van der Waals surface area contributed by atoms with Crippen LogP contribution in [-0.2, 0) is 7.05 Å². The van der Waals surface area contributed by atoms with E-state index in [2.05, 4.69) is 22.0 Å². The molecule has 0 saturated carbocycles. The van der Waals surface area contributed by atoms with Crippen LogP contribution < -0.4 is 15.8 Å². The summed E-state index contributed by atoms with van der Waals surface area (Å²) < 4.78 is 7.39. The maximum atomic E-state index is 12.6. The van der Waals surface area contributed by atoms with Gasteiger partial charge in [-0.1, -0.05) is 18.2 Å². The fourth-order valence-corrected chi connectivity index (χ4v) is 3.54. The molecule has 0 fully saturated rings. The van der Waals surface area contributed by atoms with Crippen molar-refractivity contribution in [1.29, 1.82) is 0 Å². The zero-order valence-corrected chi connectivity index (χ0v) is 17.1. The Hall–Kier alpha value is -3.09. The first kappa shape index (κ1) is 20.6. The van der Waals surface area contributed by atoms with E-state index in [4.69, 9.17) is 15.5 Å². The van der Waals surface area contributed by atoms with Crippen molar-refractivity contribution in [3.8, 4) is 17.0 Å². The number of hydrogen-bond acceptors (Lipinski definition) is 4. The molecule has 2 aromatic carbocycles. The molecule has 0 radical (unpaired) electrons. The minimum Gasteiger partial charge on any atom is -0.497 e. The predicted octanol–water partition coefficient (Wildman–Crippen LogP) is 3.51. The molecule has 150 valence electrons. The lowest BCUT2D eigenvalue weighted by Gasteiger charge is -2.10. The number of nitrogens with zero attached hydrogens (tertiary/aromatic N) is 2. The van der Waals surface area contributed by atoms with Crippen molar-refractivity contribution < 1.29 is 9.53 Å². The predicted molar refractivity (Wildman–Crippen MR) is 119 cm³/mol. The molecule has 6 nitrogen and oxygen atoms in total. The number of carbonyl (C=O) groups is 1. The number of para-hydroxylation sites is 1. The number of fused-ring (bicyclic) bond motifs is 3. The van der Waals surface area contributed by atoms with E-state index in [-0.39, 0.29) is 18.3 Å². The summed E-state index contributed by atoms with van der Waals surface area (Å²) in [7, 11) is 3.66. The quantitative estimate of drug-likeness (QED) is 0.527. The number of nitrogens with two attached hydrogens (primary N) is 1. The first-order chi connectivity index (χ1) is 13.6. The monoisotopic (exact) mass is 410 g/mol. The topological polar surface area (TPSA) is 82.2 Å². The second-order valence-electron chi connectivity index (χ2n) is 6.60. The van der Waals surface area contributed by atoms with Crippen molar-refractivity contribution in [3.05, 3.63) is 60.3 Å². The maximum Gasteiger partial charge on any atom is 0.269 e. The molecule has 0 saturated heterocycles. The highest BCUT2D eigenvalue weighted by molar-refractivity contribution is 6.13. The van der Waals surface area contributed by atoms with Crippen molar-refractivity contribution in [2.75, 3.05) is 20.2 Å². The lowest BCUT2D eigenvalue weighted by atomic mass is 10.1. The van der Waals surface area contributed by atoms with E-state index in [1.165, 1.54) is 0 Å². The number of hydrogen-bond donors (Lipinski definition) is 2.